The Morgan fingerprint density at radius 3 is 3.08 bits per heavy atom. The number of nitrogens with one attached hydrogen (secondary N) is 1. The maximum Gasteiger partial charge on any atom is 0.171 e. The van der Waals surface area contributed by atoms with Crippen LogP contribution in [0.5, 0.6) is 0 Å². The molecule has 0 amide bonds. The first-order valence-electron chi connectivity index (χ1n) is 4.17. The van der Waals surface area contributed by atoms with Gasteiger partial charge >= 0.3 is 0 Å². The molecule has 0 saturated carbocycles. The SMILES string of the molecule is CC(C)C1NCc2c(N)noc21. The van der Waals surface area contributed by atoms with Crippen molar-refractivity contribution >= 4 is 5.82 Å². The number of fused-ring (bicyclic) bond motifs is 1. The molecular formula is C8H13N3O. The molecule has 3 N–H and O–H groups in total. The number of hydrogen-bond donors (Lipinski definition) is 2. The van der Waals surface area contributed by atoms with Crippen molar-refractivity contribution in [1.29, 1.82) is 0 Å². The molecule has 0 aromatic carbocycles. The lowest BCUT2D eigenvalue weighted by atomic mass is 10.0. The van der Waals surface area contributed by atoms with Crippen LogP contribution >= 0.6 is 0 Å². The fourth-order valence-electron chi connectivity index (χ4n) is 1.60. The van der Waals surface area contributed by atoms with E-state index in [0.29, 0.717) is 11.7 Å². The highest BCUT2D eigenvalue weighted by molar-refractivity contribution is 5.43. The molecule has 1 aromatic rings. The van der Waals surface area contributed by atoms with Gasteiger partial charge in [0.25, 0.3) is 0 Å². The summed E-state index contributed by atoms with van der Waals surface area (Å²) in [6.07, 6.45) is 0. The van der Waals surface area contributed by atoms with Gasteiger partial charge in [-0.1, -0.05) is 19.0 Å². The maximum absolute atomic E-state index is 5.61. The summed E-state index contributed by atoms with van der Waals surface area (Å²) in [5, 5.41) is 7.06. The molecule has 0 aliphatic carbocycles. The van der Waals surface area contributed by atoms with Gasteiger partial charge in [-0.15, -0.1) is 0 Å². The summed E-state index contributed by atoms with van der Waals surface area (Å²) in [6, 6.07) is 0.282. The first-order chi connectivity index (χ1) is 5.70. The second-order valence-electron chi connectivity index (χ2n) is 3.51. The minimum absolute atomic E-state index is 0.282. The van der Waals surface area contributed by atoms with E-state index in [4.69, 9.17) is 10.3 Å². The first kappa shape index (κ1) is 7.61. The van der Waals surface area contributed by atoms with Crippen LogP contribution in [0, 0.1) is 5.92 Å². The average molecular weight is 167 g/mol. The summed E-state index contributed by atoms with van der Waals surface area (Å²) >= 11 is 0. The van der Waals surface area contributed by atoms with Crippen molar-refractivity contribution in [3.63, 3.8) is 0 Å². The Labute approximate surface area is 71.1 Å². The Bertz CT molecular complexity index is 292. The van der Waals surface area contributed by atoms with Crippen LogP contribution in [-0.2, 0) is 6.54 Å². The highest BCUT2D eigenvalue weighted by atomic mass is 16.5. The number of nitrogens with zero attached hydrogens (tertiary/aromatic N) is 1. The zero-order chi connectivity index (χ0) is 8.72. The monoisotopic (exact) mass is 167 g/mol. The minimum Gasteiger partial charge on any atom is -0.381 e. The van der Waals surface area contributed by atoms with Crippen LogP contribution in [0.15, 0.2) is 4.52 Å². The quantitative estimate of drug-likeness (QED) is 0.656. The van der Waals surface area contributed by atoms with Crippen LogP contribution in [0.3, 0.4) is 0 Å². The summed E-state index contributed by atoms with van der Waals surface area (Å²) in [5.41, 5.74) is 6.65. The lowest BCUT2D eigenvalue weighted by molar-refractivity contribution is 0.316. The third kappa shape index (κ3) is 0.914. The fourth-order valence-corrected chi connectivity index (χ4v) is 1.60. The van der Waals surface area contributed by atoms with Crippen molar-refractivity contribution in [3.05, 3.63) is 11.3 Å². The van der Waals surface area contributed by atoms with E-state index in [-0.39, 0.29) is 6.04 Å². The van der Waals surface area contributed by atoms with E-state index >= 15 is 0 Å². The number of rotatable bonds is 1. The van der Waals surface area contributed by atoms with Gasteiger partial charge in [0.15, 0.2) is 11.6 Å². The lowest BCUT2D eigenvalue weighted by Crippen LogP contribution is -2.17. The molecule has 0 spiro atoms. The Balaban J connectivity index is 2.36. The van der Waals surface area contributed by atoms with Gasteiger partial charge in [-0.05, 0) is 5.92 Å². The molecule has 4 heteroatoms. The molecular weight excluding hydrogens is 154 g/mol. The third-order valence-corrected chi connectivity index (χ3v) is 2.30. The van der Waals surface area contributed by atoms with E-state index in [0.717, 1.165) is 17.9 Å². The van der Waals surface area contributed by atoms with Crippen molar-refractivity contribution in [2.75, 3.05) is 5.73 Å². The van der Waals surface area contributed by atoms with Gasteiger partial charge in [-0.2, -0.15) is 0 Å². The van der Waals surface area contributed by atoms with Gasteiger partial charge in [0, 0.05) is 6.54 Å². The predicted octanol–water partition coefficient (Wildman–Crippen LogP) is 1.06. The minimum atomic E-state index is 0.282. The van der Waals surface area contributed by atoms with E-state index in [1.807, 2.05) is 0 Å². The number of nitrogen functional groups attached to an aromatic ring is 1. The molecule has 1 aromatic heterocycles. The van der Waals surface area contributed by atoms with Crippen molar-refractivity contribution in [3.8, 4) is 0 Å². The summed E-state index contributed by atoms with van der Waals surface area (Å²) in [5.74, 6) is 1.96. The largest absolute Gasteiger partial charge is 0.381 e. The van der Waals surface area contributed by atoms with Crippen LogP contribution < -0.4 is 11.1 Å². The van der Waals surface area contributed by atoms with Crippen molar-refractivity contribution in [2.45, 2.75) is 26.4 Å². The van der Waals surface area contributed by atoms with Crippen LogP contribution in [0.2, 0.25) is 0 Å². The highest BCUT2D eigenvalue weighted by Crippen LogP contribution is 2.33. The predicted molar refractivity (Wildman–Crippen MR) is 45.3 cm³/mol. The zero-order valence-electron chi connectivity index (χ0n) is 7.29. The number of nitrogens with two attached hydrogens (primary N) is 1. The average Bonchev–Trinajstić information content (AvgIpc) is 2.53. The molecule has 1 aliphatic heterocycles. The summed E-state index contributed by atoms with van der Waals surface area (Å²) < 4.78 is 5.14. The van der Waals surface area contributed by atoms with E-state index in [1.54, 1.807) is 0 Å². The van der Waals surface area contributed by atoms with E-state index in [1.165, 1.54) is 0 Å². The highest BCUT2D eigenvalue weighted by Gasteiger charge is 2.30. The molecule has 66 valence electrons. The Morgan fingerprint density at radius 1 is 1.67 bits per heavy atom. The molecule has 2 rings (SSSR count). The Kier molecular flexibility index (Phi) is 1.58. The molecule has 2 heterocycles. The topological polar surface area (TPSA) is 64.1 Å². The molecule has 12 heavy (non-hydrogen) atoms. The maximum atomic E-state index is 5.61. The number of anilines is 1. The zero-order valence-corrected chi connectivity index (χ0v) is 7.29. The van der Waals surface area contributed by atoms with Crippen LogP contribution in [-0.4, -0.2) is 5.16 Å². The second kappa shape index (κ2) is 2.48. The normalized spacial score (nSPS) is 21.8. The van der Waals surface area contributed by atoms with Crippen LogP contribution in [0.1, 0.15) is 31.2 Å². The number of hydrogen-bond acceptors (Lipinski definition) is 4. The second-order valence-corrected chi connectivity index (χ2v) is 3.51. The molecule has 4 nitrogen and oxygen atoms in total. The van der Waals surface area contributed by atoms with E-state index in [2.05, 4.69) is 24.3 Å². The van der Waals surface area contributed by atoms with E-state index < -0.39 is 0 Å². The molecule has 0 radical (unpaired) electrons. The fraction of sp³-hybridized carbons (Fsp3) is 0.625. The Hall–Kier alpha value is -1.03. The third-order valence-electron chi connectivity index (χ3n) is 2.30. The van der Waals surface area contributed by atoms with Crippen LogP contribution in [0.4, 0.5) is 5.82 Å². The molecule has 1 unspecified atom stereocenters. The van der Waals surface area contributed by atoms with Gasteiger partial charge in [-0.25, -0.2) is 0 Å². The molecule has 0 bridgehead atoms. The van der Waals surface area contributed by atoms with Gasteiger partial charge in [-0.3, -0.25) is 0 Å². The van der Waals surface area contributed by atoms with E-state index in [9.17, 15) is 0 Å². The van der Waals surface area contributed by atoms with Gasteiger partial charge in [0.05, 0.1) is 11.6 Å². The molecule has 0 saturated heterocycles. The number of aromatic nitrogens is 1. The van der Waals surface area contributed by atoms with Gasteiger partial charge in [0.1, 0.15) is 0 Å². The van der Waals surface area contributed by atoms with Gasteiger partial charge < -0.3 is 15.6 Å². The summed E-state index contributed by atoms with van der Waals surface area (Å²) in [6.45, 7) is 5.07. The molecule has 1 atom stereocenters. The Morgan fingerprint density at radius 2 is 2.42 bits per heavy atom. The smallest absolute Gasteiger partial charge is 0.171 e. The standard InChI is InChI=1S/C8H13N3O/c1-4(2)6-7-5(3-10-6)8(9)11-12-7/h4,6,10H,3H2,1-2H3,(H2,9,11). The van der Waals surface area contributed by atoms with Crippen molar-refractivity contribution < 1.29 is 4.52 Å². The summed E-state index contributed by atoms with van der Waals surface area (Å²) in [4.78, 5) is 0. The van der Waals surface area contributed by atoms with Crippen LogP contribution in [0.25, 0.3) is 0 Å². The molecule has 0 fully saturated rings. The van der Waals surface area contributed by atoms with Crippen molar-refractivity contribution in [2.24, 2.45) is 5.92 Å². The summed E-state index contributed by atoms with van der Waals surface area (Å²) in [7, 11) is 0. The molecule has 1 aliphatic rings. The van der Waals surface area contributed by atoms with Gasteiger partial charge in [0.2, 0.25) is 0 Å². The first-order valence-corrected chi connectivity index (χ1v) is 4.17. The lowest BCUT2D eigenvalue weighted by Gasteiger charge is -2.12. The van der Waals surface area contributed by atoms with Crippen molar-refractivity contribution in [1.82, 2.24) is 10.5 Å².